The molecular weight excluding hydrogens is 491 g/mol. The number of hydrogen-bond donors (Lipinski definition) is 1. The second-order valence-corrected chi connectivity index (χ2v) is 8.52. The van der Waals surface area contributed by atoms with Gasteiger partial charge in [-0.15, -0.1) is 0 Å². The van der Waals surface area contributed by atoms with Gasteiger partial charge in [0.1, 0.15) is 23.7 Å². The van der Waals surface area contributed by atoms with Crippen LogP contribution in [0.5, 0.6) is 11.5 Å². The number of hydrogen-bond acceptors (Lipinski definition) is 5. The lowest BCUT2D eigenvalue weighted by molar-refractivity contribution is -0.122. The van der Waals surface area contributed by atoms with E-state index < -0.39 is 17.8 Å². The Balaban J connectivity index is 1.70. The van der Waals surface area contributed by atoms with Gasteiger partial charge in [0, 0.05) is 27.2 Å². The van der Waals surface area contributed by atoms with Gasteiger partial charge in [-0.05, 0) is 48.9 Å². The summed E-state index contributed by atoms with van der Waals surface area (Å²) in [5.74, 6) is -0.675. The van der Waals surface area contributed by atoms with E-state index >= 15 is 0 Å². The van der Waals surface area contributed by atoms with Crippen molar-refractivity contribution in [2.45, 2.75) is 13.5 Å². The summed E-state index contributed by atoms with van der Waals surface area (Å²) < 4.78 is 11.3. The first-order chi connectivity index (χ1) is 16.8. The van der Waals surface area contributed by atoms with E-state index in [1.807, 2.05) is 0 Å². The third-order valence-corrected chi connectivity index (χ3v) is 5.96. The Morgan fingerprint density at radius 3 is 2.49 bits per heavy atom. The largest absolute Gasteiger partial charge is 0.497 e. The van der Waals surface area contributed by atoms with Crippen LogP contribution in [0.15, 0.2) is 66.2 Å². The second kappa shape index (κ2) is 10.2. The number of imide groups is 2. The minimum atomic E-state index is -0.810. The maximum Gasteiger partial charge on any atom is 0.335 e. The SMILES string of the molecule is COc1ccc(/C=C2\C(=O)NC(=O)N(c3ccccc3C)C2=O)c(OCc2ccc(Cl)cc2Cl)c1. The molecule has 1 fully saturated rings. The first kappa shape index (κ1) is 24.3. The van der Waals surface area contributed by atoms with Crippen LogP contribution in [0.4, 0.5) is 10.5 Å². The Bertz CT molecular complexity index is 1370. The summed E-state index contributed by atoms with van der Waals surface area (Å²) in [6.45, 7) is 1.88. The highest BCUT2D eigenvalue weighted by atomic mass is 35.5. The van der Waals surface area contributed by atoms with E-state index in [2.05, 4.69) is 5.32 Å². The highest BCUT2D eigenvalue weighted by Crippen LogP contribution is 2.31. The Labute approximate surface area is 211 Å². The van der Waals surface area contributed by atoms with E-state index in [0.29, 0.717) is 43.9 Å². The summed E-state index contributed by atoms with van der Waals surface area (Å²) in [6, 6.07) is 16.1. The number of urea groups is 1. The topological polar surface area (TPSA) is 84.9 Å². The summed E-state index contributed by atoms with van der Waals surface area (Å²) in [5, 5.41) is 3.17. The molecule has 0 saturated carbocycles. The minimum Gasteiger partial charge on any atom is -0.497 e. The van der Waals surface area contributed by atoms with Gasteiger partial charge in [0.15, 0.2) is 0 Å². The summed E-state index contributed by atoms with van der Waals surface area (Å²) in [6.07, 6.45) is 1.38. The molecule has 0 spiro atoms. The first-order valence-electron chi connectivity index (χ1n) is 10.5. The third-order valence-electron chi connectivity index (χ3n) is 5.38. The van der Waals surface area contributed by atoms with Crippen molar-refractivity contribution in [3.63, 3.8) is 0 Å². The van der Waals surface area contributed by atoms with Crippen molar-refractivity contribution in [2.24, 2.45) is 0 Å². The van der Waals surface area contributed by atoms with Crippen LogP contribution in [-0.2, 0) is 16.2 Å². The number of barbiturate groups is 1. The molecule has 0 aliphatic carbocycles. The molecule has 3 aromatic carbocycles. The van der Waals surface area contributed by atoms with Crippen molar-refractivity contribution in [1.29, 1.82) is 0 Å². The first-order valence-corrected chi connectivity index (χ1v) is 11.3. The number of nitrogens with zero attached hydrogens (tertiary/aromatic N) is 1. The smallest absolute Gasteiger partial charge is 0.335 e. The van der Waals surface area contributed by atoms with E-state index in [0.717, 1.165) is 4.90 Å². The van der Waals surface area contributed by atoms with Crippen molar-refractivity contribution in [3.8, 4) is 11.5 Å². The molecule has 1 N–H and O–H groups in total. The van der Waals surface area contributed by atoms with Gasteiger partial charge in [-0.3, -0.25) is 14.9 Å². The number of carbonyl (C=O) groups excluding carboxylic acids is 3. The van der Waals surface area contributed by atoms with Gasteiger partial charge in [-0.2, -0.15) is 0 Å². The molecule has 0 bridgehead atoms. The number of aryl methyl sites for hydroxylation is 1. The average molecular weight is 511 g/mol. The van der Waals surface area contributed by atoms with Gasteiger partial charge in [0.25, 0.3) is 11.8 Å². The zero-order valence-electron chi connectivity index (χ0n) is 18.8. The van der Waals surface area contributed by atoms with Crippen LogP contribution in [0.1, 0.15) is 16.7 Å². The molecule has 1 saturated heterocycles. The number of methoxy groups -OCH3 is 1. The molecule has 1 aliphatic heterocycles. The number of para-hydroxylation sites is 1. The van der Waals surface area contributed by atoms with Crippen LogP contribution >= 0.6 is 23.2 Å². The maximum atomic E-state index is 13.3. The fourth-order valence-electron chi connectivity index (χ4n) is 3.53. The van der Waals surface area contributed by atoms with Crippen molar-refractivity contribution >= 4 is 52.8 Å². The minimum absolute atomic E-state index is 0.104. The molecule has 0 radical (unpaired) electrons. The van der Waals surface area contributed by atoms with E-state index in [9.17, 15) is 14.4 Å². The molecule has 0 atom stereocenters. The third kappa shape index (κ3) is 5.16. The molecule has 0 unspecified atom stereocenters. The molecule has 178 valence electrons. The van der Waals surface area contributed by atoms with Gasteiger partial charge in [-0.1, -0.05) is 47.5 Å². The summed E-state index contributed by atoms with van der Waals surface area (Å²) in [5.41, 5.74) is 2.01. The number of benzene rings is 3. The van der Waals surface area contributed by atoms with E-state index in [-0.39, 0.29) is 12.2 Å². The highest BCUT2D eigenvalue weighted by Gasteiger charge is 2.37. The lowest BCUT2D eigenvalue weighted by Crippen LogP contribution is -2.54. The van der Waals surface area contributed by atoms with Gasteiger partial charge in [0.05, 0.1) is 12.8 Å². The highest BCUT2D eigenvalue weighted by molar-refractivity contribution is 6.39. The lowest BCUT2D eigenvalue weighted by Gasteiger charge is -2.27. The van der Waals surface area contributed by atoms with Crippen LogP contribution in [0.3, 0.4) is 0 Å². The number of anilines is 1. The molecule has 9 heteroatoms. The normalized spacial score (nSPS) is 14.8. The van der Waals surface area contributed by atoms with Crippen LogP contribution in [0.2, 0.25) is 10.0 Å². The molecule has 4 amide bonds. The Morgan fingerprint density at radius 2 is 1.77 bits per heavy atom. The van der Waals surface area contributed by atoms with Crippen molar-refractivity contribution in [3.05, 3.63) is 93.0 Å². The van der Waals surface area contributed by atoms with Gasteiger partial charge >= 0.3 is 6.03 Å². The molecule has 4 rings (SSSR count). The van der Waals surface area contributed by atoms with Gasteiger partial charge in [0.2, 0.25) is 0 Å². The summed E-state index contributed by atoms with van der Waals surface area (Å²) >= 11 is 12.2. The monoisotopic (exact) mass is 510 g/mol. The van der Waals surface area contributed by atoms with E-state index in [4.69, 9.17) is 32.7 Å². The molecule has 1 heterocycles. The number of rotatable bonds is 6. The summed E-state index contributed by atoms with van der Waals surface area (Å²) in [4.78, 5) is 39.4. The quantitative estimate of drug-likeness (QED) is 0.346. The molecule has 35 heavy (non-hydrogen) atoms. The molecular formula is C26H20Cl2N2O5. The van der Waals surface area contributed by atoms with Crippen LogP contribution < -0.4 is 19.7 Å². The van der Waals surface area contributed by atoms with Crippen molar-refractivity contribution in [1.82, 2.24) is 5.32 Å². The fraction of sp³-hybridized carbons (Fsp3) is 0.115. The number of halogens is 2. The Kier molecular flexibility index (Phi) is 7.10. The lowest BCUT2D eigenvalue weighted by atomic mass is 10.0. The zero-order chi connectivity index (χ0) is 25.1. The Morgan fingerprint density at radius 1 is 1.00 bits per heavy atom. The number of nitrogens with one attached hydrogen (secondary N) is 1. The van der Waals surface area contributed by atoms with Gasteiger partial charge < -0.3 is 9.47 Å². The second-order valence-electron chi connectivity index (χ2n) is 7.67. The number of carbonyl (C=O) groups is 3. The molecule has 7 nitrogen and oxygen atoms in total. The Hall–Kier alpha value is -3.81. The van der Waals surface area contributed by atoms with Crippen LogP contribution in [-0.4, -0.2) is 25.0 Å². The van der Waals surface area contributed by atoms with Crippen molar-refractivity contribution in [2.75, 3.05) is 12.0 Å². The predicted octanol–water partition coefficient (Wildman–Crippen LogP) is 5.56. The maximum absolute atomic E-state index is 13.3. The number of ether oxygens (including phenoxy) is 2. The molecule has 3 aromatic rings. The van der Waals surface area contributed by atoms with Crippen LogP contribution in [0, 0.1) is 6.92 Å². The van der Waals surface area contributed by atoms with E-state index in [1.165, 1.54) is 13.2 Å². The zero-order valence-corrected chi connectivity index (χ0v) is 20.3. The molecule has 1 aliphatic rings. The van der Waals surface area contributed by atoms with Crippen LogP contribution in [0.25, 0.3) is 6.08 Å². The van der Waals surface area contributed by atoms with E-state index in [1.54, 1.807) is 67.6 Å². The van der Waals surface area contributed by atoms with Gasteiger partial charge in [-0.25, -0.2) is 9.69 Å². The number of amides is 4. The standard InChI is InChI=1S/C26H20Cl2N2O5/c1-15-5-3-4-6-22(15)30-25(32)20(24(31)29-26(30)33)11-16-8-10-19(34-2)13-23(16)35-14-17-7-9-18(27)12-21(17)28/h3-13H,14H2,1-2H3,(H,29,31,33)/b20-11+. The van der Waals surface area contributed by atoms with Crippen molar-refractivity contribution < 1.29 is 23.9 Å². The predicted molar refractivity (Wildman–Crippen MR) is 134 cm³/mol. The molecule has 0 aromatic heterocycles. The average Bonchev–Trinajstić information content (AvgIpc) is 2.82. The fourth-order valence-corrected chi connectivity index (χ4v) is 3.99. The summed E-state index contributed by atoms with van der Waals surface area (Å²) in [7, 11) is 1.51.